The number of aromatic nitrogens is 1. The monoisotopic (exact) mass is 458 g/mol. The van der Waals surface area contributed by atoms with Gasteiger partial charge in [0.25, 0.3) is 5.91 Å². The lowest BCUT2D eigenvalue weighted by Gasteiger charge is -2.35. The number of hydrogen-bond acceptors (Lipinski definition) is 1. The lowest BCUT2D eigenvalue weighted by atomic mass is 10.1. The Morgan fingerprint density at radius 2 is 2.05 bits per heavy atom. The summed E-state index contributed by atoms with van der Waals surface area (Å²) in [6.07, 6.45) is 0. The average molecular weight is 459 g/mol. The van der Waals surface area contributed by atoms with E-state index < -0.39 is 0 Å². The number of halogens is 2. The van der Waals surface area contributed by atoms with Crippen molar-refractivity contribution >= 4 is 44.4 Å². The maximum atomic E-state index is 12.9. The van der Waals surface area contributed by atoms with Gasteiger partial charge < -0.3 is 9.47 Å². The summed E-state index contributed by atoms with van der Waals surface area (Å²) in [4.78, 5) is 14.8. The molecule has 0 bridgehead atoms. The standard InChI is InChI=1S/C16H16BrIN2O/c1-10-3-6-15-11(2)20(8-7-19(10)15)16(21)13-9-12(18)4-5-14(13)17/h3-6,9,11H,7-8H2,1-2H3. The van der Waals surface area contributed by atoms with E-state index in [-0.39, 0.29) is 11.9 Å². The molecular formula is C16H16BrIN2O. The molecule has 1 aliphatic rings. The van der Waals surface area contributed by atoms with Crippen LogP contribution in [0.25, 0.3) is 0 Å². The summed E-state index contributed by atoms with van der Waals surface area (Å²) in [6.45, 7) is 5.83. The number of amides is 1. The van der Waals surface area contributed by atoms with Gasteiger partial charge in [0.05, 0.1) is 11.6 Å². The second kappa shape index (κ2) is 5.76. The number of aryl methyl sites for hydroxylation is 1. The highest BCUT2D eigenvalue weighted by atomic mass is 127. The van der Waals surface area contributed by atoms with E-state index in [1.807, 2.05) is 23.1 Å². The van der Waals surface area contributed by atoms with Crippen LogP contribution in [0.15, 0.2) is 34.8 Å². The normalized spacial score (nSPS) is 17.7. The Kier molecular flexibility index (Phi) is 4.14. The van der Waals surface area contributed by atoms with Crippen LogP contribution < -0.4 is 0 Å². The lowest BCUT2D eigenvalue weighted by molar-refractivity contribution is 0.0642. The van der Waals surface area contributed by atoms with Crippen LogP contribution in [0.1, 0.15) is 34.7 Å². The van der Waals surface area contributed by atoms with E-state index >= 15 is 0 Å². The van der Waals surface area contributed by atoms with Crippen molar-refractivity contribution in [3.8, 4) is 0 Å². The van der Waals surface area contributed by atoms with Crippen LogP contribution in [0, 0.1) is 10.5 Å². The van der Waals surface area contributed by atoms with E-state index in [1.165, 1.54) is 11.4 Å². The molecule has 1 aromatic heterocycles. The van der Waals surface area contributed by atoms with E-state index in [9.17, 15) is 4.79 Å². The van der Waals surface area contributed by atoms with Gasteiger partial charge in [0.15, 0.2) is 0 Å². The Hall–Kier alpha value is -0.820. The highest BCUT2D eigenvalue weighted by Gasteiger charge is 2.29. The Labute approximate surface area is 146 Å². The minimum atomic E-state index is 0.0954. The second-order valence-corrected chi connectivity index (χ2v) is 7.45. The zero-order valence-corrected chi connectivity index (χ0v) is 15.7. The zero-order valence-electron chi connectivity index (χ0n) is 11.9. The first-order chi connectivity index (χ1) is 9.99. The number of hydrogen-bond donors (Lipinski definition) is 0. The van der Waals surface area contributed by atoms with Crippen molar-refractivity contribution in [1.82, 2.24) is 9.47 Å². The Morgan fingerprint density at radius 1 is 1.29 bits per heavy atom. The first-order valence-electron chi connectivity index (χ1n) is 6.91. The average Bonchev–Trinajstić information content (AvgIpc) is 2.84. The van der Waals surface area contributed by atoms with Crippen molar-refractivity contribution in [3.63, 3.8) is 0 Å². The van der Waals surface area contributed by atoms with Crippen LogP contribution >= 0.6 is 38.5 Å². The van der Waals surface area contributed by atoms with Gasteiger partial charge in [-0.15, -0.1) is 0 Å². The van der Waals surface area contributed by atoms with Crippen molar-refractivity contribution in [2.75, 3.05) is 6.54 Å². The van der Waals surface area contributed by atoms with Crippen LogP contribution in [0.4, 0.5) is 0 Å². The largest absolute Gasteiger partial charge is 0.345 e. The summed E-state index contributed by atoms with van der Waals surface area (Å²) in [5.41, 5.74) is 3.22. The fraction of sp³-hybridized carbons (Fsp3) is 0.312. The molecule has 5 heteroatoms. The van der Waals surface area contributed by atoms with Crippen LogP contribution in [0.2, 0.25) is 0 Å². The molecule has 110 valence electrons. The first kappa shape index (κ1) is 15.1. The molecular weight excluding hydrogens is 443 g/mol. The third-order valence-electron chi connectivity index (χ3n) is 4.11. The SMILES string of the molecule is Cc1ccc2n1CCN(C(=O)c1cc(I)ccc1Br)C2C. The highest BCUT2D eigenvalue weighted by molar-refractivity contribution is 14.1. The lowest BCUT2D eigenvalue weighted by Crippen LogP contribution is -2.41. The summed E-state index contributed by atoms with van der Waals surface area (Å²) in [7, 11) is 0. The molecule has 3 nitrogen and oxygen atoms in total. The van der Waals surface area contributed by atoms with E-state index in [0.717, 1.165) is 26.7 Å². The van der Waals surface area contributed by atoms with E-state index in [1.54, 1.807) is 0 Å². The van der Waals surface area contributed by atoms with Gasteiger partial charge in [0.1, 0.15) is 0 Å². The minimum absolute atomic E-state index is 0.0954. The fourth-order valence-corrected chi connectivity index (χ4v) is 3.82. The molecule has 0 N–H and O–H groups in total. The number of fused-ring (bicyclic) bond motifs is 1. The molecule has 0 fully saturated rings. The summed E-state index contributed by atoms with van der Waals surface area (Å²) < 4.78 is 4.23. The Balaban J connectivity index is 1.95. The molecule has 2 heterocycles. The van der Waals surface area contributed by atoms with Gasteiger partial charge in [-0.1, -0.05) is 0 Å². The molecule has 1 unspecified atom stereocenters. The predicted octanol–water partition coefficient (Wildman–Crippen LogP) is 4.38. The third kappa shape index (κ3) is 2.65. The molecule has 0 saturated carbocycles. The van der Waals surface area contributed by atoms with Crippen LogP contribution in [-0.2, 0) is 6.54 Å². The van der Waals surface area contributed by atoms with Crippen molar-refractivity contribution in [2.45, 2.75) is 26.4 Å². The number of rotatable bonds is 1. The summed E-state index contributed by atoms with van der Waals surface area (Å²) >= 11 is 5.74. The van der Waals surface area contributed by atoms with E-state index in [4.69, 9.17) is 0 Å². The molecule has 1 aliphatic heterocycles. The molecule has 0 saturated heterocycles. The maximum absolute atomic E-state index is 12.9. The molecule has 0 radical (unpaired) electrons. The number of carbonyl (C=O) groups is 1. The maximum Gasteiger partial charge on any atom is 0.255 e. The van der Waals surface area contributed by atoms with Gasteiger partial charge in [-0.2, -0.15) is 0 Å². The smallest absolute Gasteiger partial charge is 0.255 e. The molecule has 1 aromatic carbocycles. The van der Waals surface area contributed by atoms with Crippen LogP contribution in [0.5, 0.6) is 0 Å². The Bertz CT molecular complexity index is 710. The summed E-state index contributed by atoms with van der Waals surface area (Å²) in [5.74, 6) is 0.0954. The molecule has 3 rings (SSSR count). The van der Waals surface area contributed by atoms with Crippen molar-refractivity contribution in [1.29, 1.82) is 0 Å². The highest BCUT2D eigenvalue weighted by Crippen LogP contribution is 2.30. The minimum Gasteiger partial charge on any atom is -0.345 e. The number of benzene rings is 1. The number of nitrogens with zero attached hydrogens (tertiary/aromatic N) is 2. The zero-order chi connectivity index (χ0) is 15.1. The third-order valence-corrected chi connectivity index (χ3v) is 5.47. The van der Waals surface area contributed by atoms with Crippen molar-refractivity contribution in [3.05, 3.63) is 55.3 Å². The summed E-state index contributed by atoms with van der Waals surface area (Å²) in [5, 5.41) is 0. The van der Waals surface area contributed by atoms with Gasteiger partial charge in [0.2, 0.25) is 0 Å². The van der Waals surface area contributed by atoms with Crippen molar-refractivity contribution < 1.29 is 4.79 Å². The first-order valence-corrected chi connectivity index (χ1v) is 8.78. The van der Waals surface area contributed by atoms with Crippen LogP contribution in [0.3, 0.4) is 0 Å². The quantitative estimate of drug-likeness (QED) is 0.582. The van der Waals surface area contributed by atoms with Gasteiger partial charge in [-0.05, 0) is 82.7 Å². The Morgan fingerprint density at radius 3 is 2.81 bits per heavy atom. The topological polar surface area (TPSA) is 25.2 Å². The molecule has 1 atom stereocenters. The number of carbonyl (C=O) groups excluding carboxylic acids is 1. The molecule has 2 aromatic rings. The van der Waals surface area contributed by atoms with Crippen molar-refractivity contribution in [2.24, 2.45) is 0 Å². The van der Waals surface area contributed by atoms with Gasteiger partial charge in [-0.25, -0.2) is 0 Å². The fourth-order valence-electron chi connectivity index (χ4n) is 2.91. The molecule has 21 heavy (non-hydrogen) atoms. The van der Waals surface area contributed by atoms with E-state index in [2.05, 4.69) is 69.1 Å². The van der Waals surface area contributed by atoms with Gasteiger partial charge >= 0.3 is 0 Å². The molecule has 0 aliphatic carbocycles. The molecule has 1 amide bonds. The summed E-state index contributed by atoms with van der Waals surface area (Å²) in [6, 6.07) is 10.2. The van der Waals surface area contributed by atoms with Gasteiger partial charge in [-0.3, -0.25) is 4.79 Å². The van der Waals surface area contributed by atoms with Crippen LogP contribution in [-0.4, -0.2) is 21.9 Å². The predicted molar refractivity (Wildman–Crippen MR) is 95.5 cm³/mol. The second-order valence-electron chi connectivity index (χ2n) is 5.35. The van der Waals surface area contributed by atoms with Gasteiger partial charge in [0, 0.05) is 32.5 Å². The van der Waals surface area contributed by atoms with E-state index in [0.29, 0.717) is 0 Å². The molecule has 0 spiro atoms.